The van der Waals surface area contributed by atoms with Gasteiger partial charge in [-0.25, -0.2) is 4.79 Å². The molecule has 2 heterocycles. The Balaban J connectivity index is 1.96. The van der Waals surface area contributed by atoms with Crippen LogP contribution in [0, 0.1) is 5.92 Å². The second kappa shape index (κ2) is 7.87. The fourth-order valence-electron chi connectivity index (χ4n) is 4.13. The second-order valence-electron chi connectivity index (χ2n) is 8.57. The summed E-state index contributed by atoms with van der Waals surface area (Å²) in [6.45, 7) is 7.73. The quantitative estimate of drug-likeness (QED) is 0.786. The van der Waals surface area contributed by atoms with Crippen molar-refractivity contribution in [2.75, 3.05) is 13.1 Å². The summed E-state index contributed by atoms with van der Waals surface area (Å²) in [5.74, 6) is 0.423. The summed E-state index contributed by atoms with van der Waals surface area (Å²) in [4.78, 5) is 15.1. The molecule has 1 saturated heterocycles. The number of nitrogens with zero attached hydrogens (tertiary/aromatic N) is 1. The van der Waals surface area contributed by atoms with Gasteiger partial charge in [0.1, 0.15) is 5.60 Å². The molecule has 1 unspecified atom stereocenters. The summed E-state index contributed by atoms with van der Waals surface area (Å²) < 4.78 is 5.79. The molecule has 3 aliphatic rings. The molecule has 1 aliphatic carbocycles. The van der Waals surface area contributed by atoms with Crippen molar-refractivity contribution >= 4 is 6.09 Å². The molecule has 0 spiro atoms. The molecule has 3 N–H and O–H groups in total. The van der Waals surface area contributed by atoms with E-state index in [4.69, 9.17) is 10.5 Å². The zero-order valence-electron chi connectivity index (χ0n) is 16.4. The summed E-state index contributed by atoms with van der Waals surface area (Å²) in [7, 11) is 0. The molecule has 26 heavy (non-hydrogen) atoms. The van der Waals surface area contributed by atoms with Gasteiger partial charge in [0.25, 0.3) is 0 Å². The topological polar surface area (TPSA) is 67.6 Å². The number of allylic oxidation sites excluding steroid dienone is 3. The molecular formula is C21H33N3O2. The van der Waals surface area contributed by atoms with Crippen molar-refractivity contribution in [3.05, 3.63) is 35.2 Å². The van der Waals surface area contributed by atoms with Gasteiger partial charge in [0.2, 0.25) is 0 Å². The minimum absolute atomic E-state index is 0.0112. The monoisotopic (exact) mass is 359 g/mol. The minimum atomic E-state index is -0.530. The van der Waals surface area contributed by atoms with Gasteiger partial charge in [-0.15, -0.1) is 0 Å². The molecule has 3 rings (SSSR count). The van der Waals surface area contributed by atoms with Crippen molar-refractivity contribution in [3.8, 4) is 0 Å². The van der Waals surface area contributed by atoms with E-state index >= 15 is 0 Å². The smallest absolute Gasteiger partial charge is 0.415 e. The highest BCUT2D eigenvalue weighted by Gasteiger charge is 2.38. The lowest BCUT2D eigenvalue weighted by Crippen LogP contribution is -2.49. The molecule has 1 atom stereocenters. The number of nitrogens with one attached hydrogen (secondary N) is 1. The number of rotatable bonds is 2. The van der Waals surface area contributed by atoms with Crippen LogP contribution in [0.15, 0.2) is 35.2 Å². The van der Waals surface area contributed by atoms with Gasteiger partial charge < -0.3 is 15.8 Å². The van der Waals surface area contributed by atoms with Crippen molar-refractivity contribution in [1.82, 2.24) is 10.2 Å². The van der Waals surface area contributed by atoms with Gasteiger partial charge in [0.05, 0.1) is 17.4 Å². The minimum Gasteiger partial charge on any atom is -0.443 e. The first-order valence-electron chi connectivity index (χ1n) is 9.97. The molecule has 0 aromatic rings. The molecule has 0 aromatic heterocycles. The average molecular weight is 360 g/mol. The molecule has 0 bridgehead atoms. The first-order chi connectivity index (χ1) is 12.4. The Morgan fingerprint density at radius 3 is 2.62 bits per heavy atom. The second-order valence-corrected chi connectivity index (χ2v) is 8.57. The van der Waals surface area contributed by atoms with Gasteiger partial charge in [0.15, 0.2) is 0 Å². The molecule has 5 nitrogen and oxygen atoms in total. The Morgan fingerprint density at radius 2 is 2.00 bits per heavy atom. The maximum atomic E-state index is 13.2. The van der Waals surface area contributed by atoms with Gasteiger partial charge >= 0.3 is 6.09 Å². The zero-order chi connectivity index (χ0) is 18.7. The first kappa shape index (κ1) is 19.0. The number of carbonyl (C=O) groups is 1. The highest BCUT2D eigenvalue weighted by molar-refractivity contribution is 5.74. The molecule has 0 aromatic carbocycles. The summed E-state index contributed by atoms with van der Waals surface area (Å²) in [6.07, 6.45) is 12.6. The predicted molar refractivity (Wildman–Crippen MR) is 104 cm³/mol. The van der Waals surface area contributed by atoms with Gasteiger partial charge in [-0.3, -0.25) is 4.90 Å². The average Bonchev–Trinajstić information content (AvgIpc) is 2.61. The van der Waals surface area contributed by atoms with Crippen molar-refractivity contribution in [2.24, 2.45) is 11.7 Å². The van der Waals surface area contributed by atoms with E-state index in [1.807, 2.05) is 31.7 Å². The highest BCUT2D eigenvalue weighted by Crippen LogP contribution is 2.36. The SMILES string of the molecule is CC(C)(C)OC(=O)N1C(C2=CCCCC2)=C(N)C=CC1C1CCNCC1. The Morgan fingerprint density at radius 1 is 1.27 bits per heavy atom. The van der Waals surface area contributed by atoms with Crippen LogP contribution in [0.4, 0.5) is 4.79 Å². The molecule has 144 valence electrons. The van der Waals surface area contributed by atoms with Crippen LogP contribution in [0.25, 0.3) is 0 Å². The number of hydrogen-bond acceptors (Lipinski definition) is 4. The van der Waals surface area contributed by atoms with Crippen LogP contribution in [0.1, 0.15) is 59.3 Å². The third-order valence-corrected chi connectivity index (χ3v) is 5.34. The zero-order valence-corrected chi connectivity index (χ0v) is 16.4. The molecule has 2 aliphatic heterocycles. The largest absolute Gasteiger partial charge is 0.443 e. The van der Waals surface area contributed by atoms with Crippen LogP contribution in [0.2, 0.25) is 0 Å². The normalized spacial score (nSPS) is 25.3. The Bertz CT molecular complexity index is 622. The highest BCUT2D eigenvalue weighted by atomic mass is 16.6. The standard InChI is InChI=1S/C21H33N3O2/c1-21(2,3)26-20(25)24-18(15-11-13-23-14-12-15)10-9-17(22)19(24)16-7-5-4-6-8-16/h7,9-10,15,18,23H,4-6,8,11-14,22H2,1-3H3. The van der Waals surface area contributed by atoms with E-state index in [2.05, 4.69) is 17.5 Å². The van der Waals surface area contributed by atoms with Gasteiger partial charge in [-0.1, -0.05) is 12.2 Å². The van der Waals surface area contributed by atoms with E-state index < -0.39 is 5.60 Å². The Labute approximate surface area is 157 Å². The molecule has 1 amide bonds. The molecule has 5 heteroatoms. The number of hydrogen-bond donors (Lipinski definition) is 2. The summed E-state index contributed by atoms with van der Waals surface area (Å²) >= 11 is 0. The van der Waals surface area contributed by atoms with E-state index in [1.54, 1.807) is 0 Å². The fourth-order valence-corrected chi connectivity index (χ4v) is 4.13. The van der Waals surface area contributed by atoms with Crippen molar-refractivity contribution in [1.29, 1.82) is 0 Å². The summed E-state index contributed by atoms with van der Waals surface area (Å²) in [5, 5.41) is 3.41. The predicted octanol–water partition coefficient (Wildman–Crippen LogP) is 3.83. The third kappa shape index (κ3) is 4.32. The van der Waals surface area contributed by atoms with Crippen LogP contribution < -0.4 is 11.1 Å². The van der Waals surface area contributed by atoms with Crippen LogP contribution in [-0.2, 0) is 4.74 Å². The van der Waals surface area contributed by atoms with Crippen LogP contribution in [0.3, 0.4) is 0 Å². The first-order valence-corrected chi connectivity index (χ1v) is 9.97. The van der Waals surface area contributed by atoms with E-state index in [9.17, 15) is 4.79 Å². The summed E-state index contributed by atoms with van der Waals surface area (Å²) in [5.41, 5.74) is 8.61. The van der Waals surface area contributed by atoms with Crippen LogP contribution in [0.5, 0.6) is 0 Å². The van der Waals surface area contributed by atoms with E-state index in [-0.39, 0.29) is 12.1 Å². The van der Waals surface area contributed by atoms with Crippen LogP contribution >= 0.6 is 0 Å². The lowest BCUT2D eigenvalue weighted by atomic mass is 9.85. The molecule has 1 fully saturated rings. The number of nitrogens with two attached hydrogens (primary N) is 1. The van der Waals surface area contributed by atoms with Crippen molar-refractivity contribution in [2.45, 2.75) is 70.9 Å². The van der Waals surface area contributed by atoms with Gasteiger partial charge in [-0.05, 0) is 90.0 Å². The lowest BCUT2D eigenvalue weighted by Gasteiger charge is -2.42. The van der Waals surface area contributed by atoms with Crippen molar-refractivity contribution < 1.29 is 9.53 Å². The molecular weight excluding hydrogens is 326 g/mol. The number of amides is 1. The number of carbonyl (C=O) groups excluding carboxylic acids is 1. The van der Waals surface area contributed by atoms with E-state index in [1.165, 1.54) is 12.0 Å². The number of piperidine rings is 1. The fraction of sp³-hybridized carbons (Fsp3) is 0.667. The van der Waals surface area contributed by atoms with Crippen LogP contribution in [-0.4, -0.2) is 35.7 Å². The van der Waals surface area contributed by atoms with Gasteiger partial charge in [0, 0.05) is 0 Å². The van der Waals surface area contributed by atoms with E-state index in [0.717, 1.165) is 50.9 Å². The van der Waals surface area contributed by atoms with E-state index in [0.29, 0.717) is 11.6 Å². The van der Waals surface area contributed by atoms with Crippen molar-refractivity contribution in [3.63, 3.8) is 0 Å². The third-order valence-electron chi connectivity index (χ3n) is 5.34. The maximum Gasteiger partial charge on any atom is 0.415 e. The molecule has 0 radical (unpaired) electrons. The Hall–Kier alpha value is -1.75. The summed E-state index contributed by atoms with van der Waals surface area (Å²) in [6, 6.07) is 0.0112. The molecule has 0 saturated carbocycles. The lowest BCUT2D eigenvalue weighted by molar-refractivity contribution is 0.0214. The Kier molecular flexibility index (Phi) is 5.76. The van der Waals surface area contributed by atoms with Gasteiger partial charge in [-0.2, -0.15) is 0 Å². The number of ether oxygens (including phenoxy) is 1. The maximum absolute atomic E-state index is 13.2.